The fourth-order valence-electron chi connectivity index (χ4n) is 1.39. The van der Waals surface area contributed by atoms with Crippen molar-refractivity contribution in [3.8, 4) is 11.5 Å². The van der Waals surface area contributed by atoms with E-state index in [1.807, 2.05) is 13.8 Å². The number of nitrogens with one attached hydrogen (secondary N) is 2. The van der Waals surface area contributed by atoms with Gasteiger partial charge in [0.1, 0.15) is 11.5 Å². The molecule has 0 saturated carbocycles. The van der Waals surface area contributed by atoms with Crippen molar-refractivity contribution in [2.24, 2.45) is 0 Å². The Balaban J connectivity index is 2.38. The third-order valence-electron chi connectivity index (χ3n) is 2.14. The van der Waals surface area contributed by atoms with Crippen molar-refractivity contribution in [3.05, 3.63) is 18.2 Å². The first-order valence-electron chi connectivity index (χ1n) is 5.09. The van der Waals surface area contributed by atoms with Gasteiger partial charge in [-0.25, -0.2) is 9.67 Å². The molecule has 0 aliphatic heterocycles. The zero-order chi connectivity index (χ0) is 12.3. The van der Waals surface area contributed by atoms with E-state index in [9.17, 15) is 4.48 Å². The number of nitrogens with zero attached hydrogens (tertiary/aromatic N) is 5. The standard InChI is InChI=1S/C9H12FN7/c1-6(2)17-9(13-15-16-17)7-4-3-5-8(11-7)12-14-10/h3-6,14H,1-2H3,(H,11,12). The molecule has 8 heteroatoms. The van der Waals surface area contributed by atoms with E-state index in [1.54, 1.807) is 22.9 Å². The van der Waals surface area contributed by atoms with Crippen molar-refractivity contribution in [2.75, 3.05) is 5.43 Å². The molecule has 0 bridgehead atoms. The molecule has 0 atom stereocenters. The minimum Gasteiger partial charge on any atom is -0.278 e. The van der Waals surface area contributed by atoms with Crippen LogP contribution >= 0.6 is 0 Å². The van der Waals surface area contributed by atoms with Gasteiger partial charge in [-0.15, -0.1) is 9.58 Å². The van der Waals surface area contributed by atoms with E-state index in [0.29, 0.717) is 17.3 Å². The summed E-state index contributed by atoms with van der Waals surface area (Å²) in [4.78, 5) is 4.17. The highest BCUT2D eigenvalue weighted by Gasteiger charge is 2.12. The number of halogens is 1. The van der Waals surface area contributed by atoms with Gasteiger partial charge in [0, 0.05) is 0 Å². The smallest absolute Gasteiger partial charge is 0.200 e. The Bertz CT molecular complexity index is 496. The molecule has 0 aliphatic rings. The van der Waals surface area contributed by atoms with Crippen molar-refractivity contribution in [3.63, 3.8) is 0 Å². The molecule has 2 N–H and O–H groups in total. The molecule has 0 aliphatic carbocycles. The summed E-state index contributed by atoms with van der Waals surface area (Å²) in [6.07, 6.45) is 0. The Labute approximate surface area is 97.0 Å². The summed E-state index contributed by atoms with van der Waals surface area (Å²) in [7, 11) is 0. The number of anilines is 1. The van der Waals surface area contributed by atoms with E-state index in [2.05, 4.69) is 25.9 Å². The number of aromatic nitrogens is 5. The molecule has 2 aromatic rings. The summed E-state index contributed by atoms with van der Waals surface area (Å²) >= 11 is 0. The zero-order valence-electron chi connectivity index (χ0n) is 9.42. The second-order valence-electron chi connectivity index (χ2n) is 3.67. The van der Waals surface area contributed by atoms with E-state index < -0.39 is 0 Å². The molecule has 2 aromatic heterocycles. The molecule has 0 saturated heterocycles. The fourth-order valence-corrected chi connectivity index (χ4v) is 1.39. The second kappa shape index (κ2) is 4.83. The Kier molecular flexibility index (Phi) is 3.24. The minimum atomic E-state index is 0.123. The largest absolute Gasteiger partial charge is 0.278 e. The Morgan fingerprint density at radius 2 is 2.18 bits per heavy atom. The number of hydrogen-bond acceptors (Lipinski definition) is 6. The van der Waals surface area contributed by atoms with Gasteiger partial charge in [-0.2, -0.15) is 0 Å². The van der Waals surface area contributed by atoms with E-state index in [0.717, 1.165) is 0 Å². The number of hydrogen-bond donors (Lipinski definition) is 2. The highest BCUT2D eigenvalue weighted by molar-refractivity contribution is 5.52. The lowest BCUT2D eigenvalue weighted by Gasteiger charge is -2.08. The monoisotopic (exact) mass is 237 g/mol. The maximum atomic E-state index is 11.9. The van der Waals surface area contributed by atoms with Crippen LogP contribution in [0.15, 0.2) is 18.2 Å². The average molecular weight is 237 g/mol. The fraction of sp³-hybridized carbons (Fsp3) is 0.333. The summed E-state index contributed by atoms with van der Waals surface area (Å²) in [5, 5.41) is 11.4. The van der Waals surface area contributed by atoms with Crippen molar-refractivity contribution < 1.29 is 4.48 Å². The molecule has 0 amide bonds. The molecule has 0 spiro atoms. The predicted molar refractivity (Wildman–Crippen MR) is 59.3 cm³/mol. The molecule has 2 rings (SSSR count). The van der Waals surface area contributed by atoms with Crippen LogP contribution < -0.4 is 11.1 Å². The zero-order valence-corrected chi connectivity index (χ0v) is 9.42. The van der Waals surface area contributed by atoms with Gasteiger partial charge < -0.3 is 0 Å². The topological polar surface area (TPSA) is 80.5 Å². The first-order chi connectivity index (χ1) is 8.22. The van der Waals surface area contributed by atoms with Crippen LogP contribution in [0.3, 0.4) is 0 Å². The van der Waals surface area contributed by atoms with Crippen molar-refractivity contribution in [2.45, 2.75) is 19.9 Å². The molecular weight excluding hydrogens is 225 g/mol. The molecule has 17 heavy (non-hydrogen) atoms. The van der Waals surface area contributed by atoms with Crippen LogP contribution in [0.2, 0.25) is 0 Å². The first kappa shape index (κ1) is 11.4. The third kappa shape index (κ3) is 2.36. The lowest BCUT2D eigenvalue weighted by Crippen LogP contribution is -2.12. The third-order valence-corrected chi connectivity index (χ3v) is 2.14. The van der Waals surface area contributed by atoms with Crippen molar-refractivity contribution >= 4 is 5.82 Å². The SMILES string of the molecule is CC(C)n1nnnc1-c1cccc(NNF)n1. The quantitative estimate of drug-likeness (QED) is 0.612. The van der Waals surface area contributed by atoms with Crippen LogP contribution in [0.4, 0.5) is 10.3 Å². The van der Waals surface area contributed by atoms with Gasteiger partial charge in [-0.1, -0.05) is 11.7 Å². The van der Waals surface area contributed by atoms with Gasteiger partial charge in [0.05, 0.1) is 6.04 Å². The van der Waals surface area contributed by atoms with Gasteiger partial charge in [0.2, 0.25) is 5.82 Å². The van der Waals surface area contributed by atoms with Gasteiger partial charge in [-0.3, -0.25) is 5.43 Å². The van der Waals surface area contributed by atoms with Crippen molar-refractivity contribution in [1.82, 2.24) is 30.8 Å². The Morgan fingerprint density at radius 1 is 1.35 bits per heavy atom. The first-order valence-corrected chi connectivity index (χ1v) is 5.09. The molecule has 90 valence electrons. The van der Waals surface area contributed by atoms with Gasteiger partial charge in [0.25, 0.3) is 0 Å². The van der Waals surface area contributed by atoms with E-state index in [-0.39, 0.29) is 6.04 Å². The van der Waals surface area contributed by atoms with Crippen LogP contribution in [0.5, 0.6) is 0 Å². The number of pyridine rings is 1. The van der Waals surface area contributed by atoms with Crippen molar-refractivity contribution in [1.29, 1.82) is 0 Å². The van der Waals surface area contributed by atoms with Gasteiger partial charge in [0.15, 0.2) is 0 Å². The molecule has 7 nitrogen and oxygen atoms in total. The normalized spacial score (nSPS) is 10.8. The summed E-state index contributed by atoms with van der Waals surface area (Å²) in [6.45, 7) is 3.93. The lowest BCUT2D eigenvalue weighted by molar-refractivity contribution is 0.375. The van der Waals surface area contributed by atoms with Crippen LogP contribution in [0, 0.1) is 0 Å². The summed E-state index contributed by atoms with van der Waals surface area (Å²) < 4.78 is 13.6. The van der Waals surface area contributed by atoms with Crippen LogP contribution in [-0.2, 0) is 0 Å². The summed E-state index contributed by atoms with van der Waals surface area (Å²) in [5.74, 6) is 0.894. The van der Waals surface area contributed by atoms with Crippen LogP contribution in [0.25, 0.3) is 11.5 Å². The number of rotatable bonds is 4. The lowest BCUT2D eigenvalue weighted by atomic mass is 10.3. The second-order valence-corrected chi connectivity index (χ2v) is 3.67. The summed E-state index contributed by atoms with van der Waals surface area (Å²) in [6, 6.07) is 5.24. The molecule has 0 unspecified atom stereocenters. The van der Waals surface area contributed by atoms with E-state index in [1.165, 1.54) is 5.65 Å². The maximum absolute atomic E-state index is 11.9. The number of tetrazole rings is 1. The molecular formula is C9H12FN7. The van der Waals surface area contributed by atoms with E-state index in [4.69, 9.17) is 0 Å². The number of hydrazine groups is 1. The molecule has 0 fully saturated rings. The summed E-state index contributed by atoms with van der Waals surface area (Å²) in [5.41, 5.74) is 4.15. The minimum absolute atomic E-state index is 0.123. The van der Waals surface area contributed by atoms with Gasteiger partial charge in [-0.05, 0) is 36.4 Å². The average Bonchev–Trinajstić information content (AvgIpc) is 2.79. The van der Waals surface area contributed by atoms with E-state index >= 15 is 0 Å². The Hall–Kier alpha value is -2.09. The molecule has 0 aromatic carbocycles. The highest BCUT2D eigenvalue weighted by atomic mass is 19.2. The molecule has 2 heterocycles. The van der Waals surface area contributed by atoms with Gasteiger partial charge >= 0.3 is 0 Å². The maximum Gasteiger partial charge on any atom is 0.200 e. The molecule has 0 radical (unpaired) electrons. The van der Waals surface area contributed by atoms with Crippen LogP contribution in [0.1, 0.15) is 19.9 Å². The van der Waals surface area contributed by atoms with Crippen LogP contribution in [-0.4, -0.2) is 25.2 Å². The predicted octanol–water partition coefficient (Wildman–Crippen LogP) is 1.12. The highest BCUT2D eigenvalue weighted by Crippen LogP contribution is 2.17. The Morgan fingerprint density at radius 3 is 2.88 bits per heavy atom.